The molecule has 0 spiro atoms. The van der Waals surface area contributed by atoms with Crippen LogP contribution in [0.5, 0.6) is 5.75 Å². The van der Waals surface area contributed by atoms with Crippen molar-refractivity contribution in [1.29, 1.82) is 0 Å². The van der Waals surface area contributed by atoms with Crippen molar-refractivity contribution in [3.8, 4) is 5.75 Å². The van der Waals surface area contributed by atoms with E-state index >= 15 is 0 Å². The predicted molar refractivity (Wildman–Crippen MR) is 84.5 cm³/mol. The Balaban J connectivity index is 2.04. The van der Waals surface area contributed by atoms with Crippen molar-refractivity contribution in [3.63, 3.8) is 0 Å². The number of nitrogens with zero attached hydrogens (tertiary/aromatic N) is 1. The van der Waals surface area contributed by atoms with Crippen LogP contribution in [0.1, 0.15) is 40.9 Å². The van der Waals surface area contributed by atoms with Gasteiger partial charge in [0, 0.05) is 29.2 Å². The summed E-state index contributed by atoms with van der Waals surface area (Å²) in [6, 6.07) is 6.54. The van der Waals surface area contributed by atoms with Crippen LogP contribution >= 0.6 is 11.3 Å². The second-order valence-electron chi connectivity index (χ2n) is 4.92. The molecule has 1 aromatic carbocycles. The molecule has 0 radical (unpaired) electrons. The number of methoxy groups -OCH3 is 1. The summed E-state index contributed by atoms with van der Waals surface area (Å²) in [7, 11) is 1.72. The third-order valence-electron chi connectivity index (χ3n) is 3.34. The molecule has 20 heavy (non-hydrogen) atoms. The average molecular weight is 290 g/mol. The minimum Gasteiger partial charge on any atom is -0.496 e. The van der Waals surface area contributed by atoms with E-state index in [1.165, 1.54) is 21.0 Å². The summed E-state index contributed by atoms with van der Waals surface area (Å²) in [6.07, 6.45) is 2.97. The first kappa shape index (κ1) is 15.0. The lowest BCUT2D eigenvalue weighted by Crippen LogP contribution is -2.18. The molecule has 0 bridgehead atoms. The van der Waals surface area contributed by atoms with Crippen molar-refractivity contribution < 1.29 is 4.74 Å². The van der Waals surface area contributed by atoms with Crippen LogP contribution in [0.2, 0.25) is 0 Å². The van der Waals surface area contributed by atoms with Crippen LogP contribution < -0.4 is 10.1 Å². The zero-order valence-corrected chi connectivity index (χ0v) is 13.4. The van der Waals surface area contributed by atoms with Crippen molar-refractivity contribution in [1.82, 2.24) is 10.3 Å². The van der Waals surface area contributed by atoms with E-state index in [4.69, 9.17) is 4.74 Å². The molecule has 3 nitrogen and oxygen atoms in total. The van der Waals surface area contributed by atoms with Gasteiger partial charge in [-0.2, -0.15) is 0 Å². The summed E-state index contributed by atoms with van der Waals surface area (Å²) in [5.74, 6) is 0.939. The summed E-state index contributed by atoms with van der Waals surface area (Å²) in [5.41, 5.74) is 2.45. The monoisotopic (exact) mass is 290 g/mol. The number of nitrogens with one attached hydrogen (secondary N) is 1. The summed E-state index contributed by atoms with van der Waals surface area (Å²) in [5, 5.41) is 4.74. The molecule has 1 unspecified atom stereocenters. The van der Waals surface area contributed by atoms with Gasteiger partial charge in [-0.1, -0.05) is 24.6 Å². The second-order valence-corrected chi connectivity index (χ2v) is 6.12. The van der Waals surface area contributed by atoms with E-state index in [-0.39, 0.29) is 6.04 Å². The lowest BCUT2D eigenvalue weighted by molar-refractivity contribution is 0.401. The summed E-state index contributed by atoms with van der Waals surface area (Å²) >= 11 is 1.78. The topological polar surface area (TPSA) is 34.2 Å². The summed E-state index contributed by atoms with van der Waals surface area (Å²) in [4.78, 5) is 5.67. The van der Waals surface area contributed by atoms with Gasteiger partial charge in [0.2, 0.25) is 0 Å². The molecule has 1 heterocycles. The minimum atomic E-state index is 0.247. The highest BCUT2D eigenvalue weighted by Gasteiger charge is 2.11. The molecule has 0 fully saturated rings. The third-order valence-corrected chi connectivity index (χ3v) is 4.48. The van der Waals surface area contributed by atoms with Crippen molar-refractivity contribution >= 4 is 11.3 Å². The molecule has 108 valence electrons. The molecule has 2 aromatic rings. The number of aryl methyl sites for hydroxylation is 2. The van der Waals surface area contributed by atoms with Crippen molar-refractivity contribution in [3.05, 3.63) is 45.4 Å². The van der Waals surface area contributed by atoms with Crippen LogP contribution in [0, 0.1) is 6.92 Å². The highest BCUT2D eigenvalue weighted by Crippen LogP contribution is 2.26. The maximum Gasteiger partial charge on any atom is 0.123 e. The molecule has 1 N–H and O–H groups in total. The number of benzene rings is 1. The van der Waals surface area contributed by atoms with Gasteiger partial charge >= 0.3 is 0 Å². The normalized spacial score (nSPS) is 12.4. The molecule has 0 amide bonds. The average Bonchev–Trinajstić information content (AvgIpc) is 2.92. The van der Waals surface area contributed by atoms with Gasteiger partial charge in [0.15, 0.2) is 0 Å². The SMILES string of the molecule is CCc1ncc(CNC(C)c2cc(C)ccc2OC)s1. The first-order valence-corrected chi connectivity index (χ1v) is 7.77. The van der Waals surface area contributed by atoms with Gasteiger partial charge in [-0.05, 0) is 26.3 Å². The fourth-order valence-corrected chi connectivity index (χ4v) is 2.96. The largest absolute Gasteiger partial charge is 0.496 e. The van der Waals surface area contributed by atoms with E-state index in [2.05, 4.69) is 43.2 Å². The number of rotatable bonds is 6. The molecular weight excluding hydrogens is 268 g/mol. The van der Waals surface area contributed by atoms with Gasteiger partial charge in [0.05, 0.1) is 12.1 Å². The first-order chi connectivity index (χ1) is 9.63. The standard InChI is InChI=1S/C16H22N2OS/c1-5-16-18-10-13(20-16)9-17-12(3)14-8-11(2)6-7-15(14)19-4/h6-8,10,12,17H,5,9H2,1-4H3. The number of aromatic nitrogens is 1. The minimum absolute atomic E-state index is 0.247. The van der Waals surface area contributed by atoms with E-state index in [1.54, 1.807) is 18.4 Å². The van der Waals surface area contributed by atoms with Crippen LogP contribution in [-0.2, 0) is 13.0 Å². The Kier molecular flexibility index (Phi) is 5.15. The highest BCUT2D eigenvalue weighted by atomic mass is 32.1. The predicted octanol–water partition coefficient (Wildman–Crippen LogP) is 3.87. The van der Waals surface area contributed by atoms with E-state index < -0.39 is 0 Å². The fourth-order valence-electron chi connectivity index (χ4n) is 2.15. The van der Waals surface area contributed by atoms with Gasteiger partial charge in [-0.15, -0.1) is 11.3 Å². The number of hydrogen-bond donors (Lipinski definition) is 1. The number of thiazole rings is 1. The van der Waals surface area contributed by atoms with E-state index in [0.717, 1.165) is 18.7 Å². The number of ether oxygens (including phenoxy) is 1. The lowest BCUT2D eigenvalue weighted by atomic mass is 10.0. The van der Waals surface area contributed by atoms with Crippen molar-refractivity contribution in [2.75, 3.05) is 7.11 Å². The van der Waals surface area contributed by atoms with E-state index in [1.807, 2.05) is 12.3 Å². The van der Waals surface area contributed by atoms with Crippen LogP contribution in [0.3, 0.4) is 0 Å². The Labute approximate surface area is 125 Å². The molecule has 1 atom stereocenters. The van der Waals surface area contributed by atoms with Gasteiger partial charge in [-0.3, -0.25) is 0 Å². The Bertz CT molecular complexity index is 565. The summed E-state index contributed by atoms with van der Waals surface area (Å²) < 4.78 is 5.45. The Morgan fingerprint density at radius 1 is 1.40 bits per heavy atom. The fraction of sp³-hybridized carbons (Fsp3) is 0.438. The van der Waals surface area contributed by atoms with Gasteiger partial charge in [0.1, 0.15) is 5.75 Å². The Morgan fingerprint density at radius 3 is 2.85 bits per heavy atom. The van der Waals surface area contributed by atoms with Crippen LogP contribution in [0.25, 0.3) is 0 Å². The van der Waals surface area contributed by atoms with Crippen LogP contribution in [0.15, 0.2) is 24.4 Å². The Hall–Kier alpha value is -1.39. The van der Waals surface area contributed by atoms with E-state index in [9.17, 15) is 0 Å². The van der Waals surface area contributed by atoms with Crippen LogP contribution in [-0.4, -0.2) is 12.1 Å². The van der Waals surface area contributed by atoms with Gasteiger partial charge < -0.3 is 10.1 Å². The van der Waals surface area contributed by atoms with Gasteiger partial charge in [-0.25, -0.2) is 4.98 Å². The molecule has 0 saturated carbocycles. The quantitative estimate of drug-likeness (QED) is 0.877. The van der Waals surface area contributed by atoms with Gasteiger partial charge in [0.25, 0.3) is 0 Å². The zero-order valence-electron chi connectivity index (χ0n) is 12.6. The zero-order chi connectivity index (χ0) is 14.5. The van der Waals surface area contributed by atoms with Crippen LogP contribution in [0.4, 0.5) is 0 Å². The number of hydrogen-bond acceptors (Lipinski definition) is 4. The lowest BCUT2D eigenvalue weighted by Gasteiger charge is -2.17. The first-order valence-electron chi connectivity index (χ1n) is 6.95. The molecular formula is C16H22N2OS. The molecule has 2 rings (SSSR count). The third kappa shape index (κ3) is 3.58. The summed E-state index contributed by atoms with van der Waals surface area (Å²) in [6.45, 7) is 7.25. The molecule has 0 aliphatic carbocycles. The second kappa shape index (κ2) is 6.86. The molecule has 1 aromatic heterocycles. The molecule has 0 saturated heterocycles. The Morgan fingerprint density at radius 2 is 2.20 bits per heavy atom. The maximum atomic E-state index is 5.45. The van der Waals surface area contributed by atoms with E-state index in [0.29, 0.717) is 0 Å². The van der Waals surface area contributed by atoms with Crippen molar-refractivity contribution in [2.24, 2.45) is 0 Å². The highest BCUT2D eigenvalue weighted by molar-refractivity contribution is 7.11. The smallest absolute Gasteiger partial charge is 0.123 e. The molecule has 0 aliphatic heterocycles. The van der Waals surface area contributed by atoms with Crippen molar-refractivity contribution in [2.45, 2.75) is 39.8 Å². The molecule has 4 heteroatoms. The maximum absolute atomic E-state index is 5.45. The molecule has 0 aliphatic rings.